The fourth-order valence-corrected chi connectivity index (χ4v) is 0.298. The lowest BCUT2D eigenvalue weighted by molar-refractivity contribution is -0.278. The fourth-order valence-electron chi connectivity index (χ4n) is 0.298. The van der Waals surface area contributed by atoms with Gasteiger partial charge in [-0.3, -0.25) is 4.89 Å². The van der Waals surface area contributed by atoms with E-state index in [1.165, 1.54) is 19.1 Å². The summed E-state index contributed by atoms with van der Waals surface area (Å²) in [5, 5.41) is 0. The highest BCUT2D eigenvalue weighted by atomic mass is 17.2. The van der Waals surface area contributed by atoms with Crippen LogP contribution in [-0.4, -0.2) is 12.1 Å². The zero-order valence-electron chi connectivity index (χ0n) is 5.87. The maximum atomic E-state index is 10.2. The van der Waals surface area contributed by atoms with Crippen molar-refractivity contribution >= 4 is 5.97 Å². The zero-order chi connectivity index (χ0) is 7.98. The highest BCUT2D eigenvalue weighted by Crippen LogP contribution is 1.94. The molecule has 0 saturated carbocycles. The van der Waals surface area contributed by atoms with Gasteiger partial charge in [-0.05, 0) is 0 Å². The Hall–Kier alpha value is -1.09. The summed E-state index contributed by atoms with van der Waals surface area (Å²) < 4.78 is 0. The van der Waals surface area contributed by atoms with Gasteiger partial charge in [-0.15, -0.1) is 13.2 Å². The molecule has 0 spiro atoms. The van der Waals surface area contributed by atoms with Crippen molar-refractivity contribution in [3.05, 3.63) is 25.3 Å². The predicted molar refractivity (Wildman–Crippen MR) is 37.0 cm³/mol. The molecule has 0 aliphatic heterocycles. The molecule has 0 amide bonds. The lowest BCUT2D eigenvalue weighted by Crippen LogP contribution is -2.09. The molecule has 0 radical (unpaired) electrons. The first kappa shape index (κ1) is 8.91. The van der Waals surface area contributed by atoms with E-state index in [2.05, 4.69) is 22.9 Å². The van der Waals surface area contributed by atoms with Crippen LogP contribution in [0.15, 0.2) is 25.3 Å². The van der Waals surface area contributed by atoms with E-state index in [9.17, 15) is 4.79 Å². The van der Waals surface area contributed by atoms with Crippen LogP contribution in [0.5, 0.6) is 0 Å². The number of hydrogen-bond donors (Lipinski definition) is 0. The minimum atomic E-state index is -0.492. The summed E-state index contributed by atoms with van der Waals surface area (Å²) in [4.78, 5) is 18.9. The van der Waals surface area contributed by atoms with Crippen molar-refractivity contribution in [1.29, 1.82) is 0 Å². The summed E-state index contributed by atoms with van der Waals surface area (Å²) in [6.07, 6.45) is 2.51. The van der Waals surface area contributed by atoms with Gasteiger partial charge < -0.3 is 0 Å². The second-order valence-corrected chi connectivity index (χ2v) is 1.61. The highest BCUT2D eigenvalue weighted by molar-refractivity contribution is 5.65. The molecule has 0 N–H and O–H groups in total. The third-order valence-electron chi connectivity index (χ3n) is 0.741. The van der Waals surface area contributed by atoms with E-state index in [1.54, 1.807) is 0 Å². The van der Waals surface area contributed by atoms with E-state index < -0.39 is 12.1 Å². The molecule has 0 heterocycles. The Bertz CT molecular complexity index is 132. The molecule has 0 aromatic rings. The van der Waals surface area contributed by atoms with E-state index in [1.807, 2.05) is 0 Å². The monoisotopic (exact) mass is 142 g/mol. The van der Waals surface area contributed by atoms with Gasteiger partial charge >= 0.3 is 5.97 Å². The molecule has 56 valence electrons. The molecule has 0 rings (SSSR count). The van der Waals surface area contributed by atoms with Gasteiger partial charge in [0.15, 0.2) is 0 Å². The first-order valence-corrected chi connectivity index (χ1v) is 2.79. The van der Waals surface area contributed by atoms with Crippen molar-refractivity contribution in [2.45, 2.75) is 13.0 Å². The van der Waals surface area contributed by atoms with Crippen LogP contribution >= 0.6 is 0 Å². The summed E-state index contributed by atoms with van der Waals surface area (Å²) in [6.45, 7) is 8.10. The van der Waals surface area contributed by atoms with Gasteiger partial charge in [0.1, 0.15) is 6.10 Å². The van der Waals surface area contributed by atoms with Gasteiger partial charge in [0.25, 0.3) is 0 Å². The van der Waals surface area contributed by atoms with E-state index in [0.717, 1.165) is 0 Å². The Morgan fingerprint density at radius 2 is 2.00 bits per heavy atom. The minimum Gasteiger partial charge on any atom is -0.298 e. The van der Waals surface area contributed by atoms with Crippen LogP contribution in [0.25, 0.3) is 0 Å². The molecular formula is C7H10O3. The number of hydrogen-bond acceptors (Lipinski definition) is 3. The number of rotatable bonds is 4. The van der Waals surface area contributed by atoms with Crippen LogP contribution < -0.4 is 0 Å². The van der Waals surface area contributed by atoms with Crippen LogP contribution in [0.1, 0.15) is 6.92 Å². The maximum absolute atomic E-state index is 10.2. The Balaban J connectivity index is 3.54. The largest absolute Gasteiger partial charge is 0.339 e. The topological polar surface area (TPSA) is 35.5 Å². The van der Waals surface area contributed by atoms with Crippen molar-refractivity contribution in [1.82, 2.24) is 0 Å². The summed E-state index contributed by atoms with van der Waals surface area (Å²) in [7, 11) is 0. The van der Waals surface area contributed by atoms with Gasteiger partial charge in [-0.25, -0.2) is 4.79 Å². The first-order chi connectivity index (χ1) is 4.70. The third-order valence-corrected chi connectivity index (χ3v) is 0.741. The quantitative estimate of drug-likeness (QED) is 0.336. The number of carbonyl (C=O) groups is 1. The Kier molecular flexibility index (Phi) is 4.24. The molecule has 0 fully saturated rings. The molecule has 0 aliphatic rings. The lowest BCUT2D eigenvalue weighted by Gasteiger charge is -2.04. The Morgan fingerprint density at radius 1 is 1.50 bits per heavy atom. The molecule has 0 atom stereocenters. The molecule has 3 heteroatoms. The summed E-state index contributed by atoms with van der Waals surface area (Å²) in [5.41, 5.74) is 0. The smallest absolute Gasteiger partial charge is 0.298 e. The number of carbonyl (C=O) groups excluding carboxylic acids is 1. The van der Waals surface area contributed by atoms with Crippen LogP contribution in [0.4, 0.5) is 0 Å². The van der Waals surface area contributed by atoms with E-state index in [-0.39, 0.29) is 0 Å². The molecule has 3 nitrogen and oxygen atoms in total. The van der Waals surface area contributed by atoms with Crippen LogP contribution in [0.3, 0.4) is 0 Å². The van der Waals surface area contributed by atoms with Crippen LogP contribution in [0.2, 0.25) is 0 Å². The Morgan fingerprint density at radius 3 is 2.30 bits per heavy atom. The molecule has 10 heavy (non-hydrogen) atoms. The van der Waals surface area contributed by atoms with Gasteiger partial charge in [-0.1, -0.05) is 12.2 Å². The van der Waals surface area contributed by atoms with Gasteiger partial charge in [-0.2, -0.15) is 4.89 Å². The zero-order valence-corrected chi connectivity index (χ0v) is 5.87. The maximum Gasteiger partial charge on any atom is 0.339 e. The van der Waals surface area contributed by atoms with Gasteiger partial charge in [0, 0.05) is 6.92 Å². The fraction of sp³-hybridized carbons (Fsp3) is 0.286. The molecule has 0 aromatic heterocycles. The SMILES string of the molecule is C=CC(C=C)OOC(C)=O. The summed E-state index contributed by atoms with van der Waals surface area (Å²) in [6, 6.07) is 0. The highest BCUT2D eigenvalue weighted by Gasteiger charge is 2.00. The molecule has 0 aromatic carbocycles. The normalized spacial score (nSPS) is 9.00. The first-order valence-electron chi connectivity index (χ1n) is 2.79. The second-order valence-electron chi connectivity index (χ2n) is 1.61. The Labute approximate surface area is 59.9 Å². The van der Waals surface area contributed by atoms with Crippen molar-refractivity contribution in [2.24, 2.45) is 0 Å². The molecule has 0 aliphatic carbocycles. The van der Waals surface area contributed by atoms with Gasteiger partial charge in [0.2, 0.25) is 0 Å². The van der Waals surface area contributed by atoms with Crippen molar-refractivity contribution in [2.75, 3.05) is 0 Å². The van der Waals surface area contributed by atoms with E-state index in [0.29, 0.717) is 0 Å². The predicted octanol–water partition coefficient (Wildman–Crippen LogP) is 1.22. The van der Waals surface area contributed by atoms with Crippen molar-refractivity contribution < 1.29 is 14.6 Å². The lowest BCUT2D eigenvalue weighted by atomic mass is 10.4. The van der Waals surface area contributed by atoms with Crippen molar-refractivity contribution in [3.8, 4) is 0 Å². The molecular weight excluding hydrogens is 132 g/mol. The average Bonchev–Trinajstić information content (AvgIpc) is 1.90. The van der Waals surface area contributed by atoms with E-state index >= 15 is 0 Å². The van der Waals surface area contributed by atoms with Crippen LogP contribution in [0, 0.1) is 0 Å². The standard InChI is InChI=1S/C7H10O3/c1-4-7(5-2)10-9-6(3)8/h4-5,7H,1-2H2,3H3. The molecule has 0 saturated heterocycles. The van der Waals surface area contributed by atoms with Gasteiger partial charge in [0.05, 0.1) is 0 Å². The second kappa shape index (κ2) is 4.76. The minimum absolute atomic E-state index is 0.427. The van der Waals surface area contributed by atoms with Crippen molar-refractivity contribution in [3.63, 3.8) is 0 Å². The summed E-state index contributed by atoms with van der Waals surface area (Å²) in [5.74, 6) is -0.492. The van der Waals surface area contributed by atoms with E-state index in [4.69, 9.17) is 0 Å². The third kappa shape index (κ3) is 3.86. The van der Waals surface area contributed by atoms with Crippen LogP contribution in [-0.2, 0) is 14.6 Å². The molecule has 0 bridgehead atoms. The summed E-state index contributed by atoms with van der Waals surface area (Å²) >= 11 is 0. The molecule has 0 unspecified atom stereocenters. The average molecular weight is 142 g/mol.